The molecule has 9 rings (SSSR count). The molecule has 72 heavy (non-hydrogen) atoms. The summed E-state index contributed by atoms with van der Waals surface area (Å²) in [5.41, 5.74) is 62.1. The van der Waals surface area contributed by atoms with Crippen LogP contribution in [0.25, 0.3) is 0 Å². The molecular weight excluding hydrogens is 921 g/mol. The first kappa shape index (κ1) is 62.3. The van der Waals surface area contributed by atoms with E-state index in [1.54, 1.807) is 12.2 Å². The predicted octanol–water partition coefficient (Wildman–Crippen LogP) is 3.21. The largest absolute Gasteiger partial charge is 0.402 e. The summed E-state index contributed by atoms with van der Waals surface area (Å²) >= 11 is 0. The van der Waals surface area contributed by atoms with Gasteiger partial charge >= 0.3 is 0 Å². The van der Waals surface area contributed by atoms with Gasteiger partial charge in [0.05, 0.1) is 0 Å². The van der Waals surface area contributed by atoms with Crippen molar-refractivity contribution in [1.29, 1.82) is 0 Å². The molecule has 19 heteroatoms. The van der Waals surface area contributed by atoms with Crippen LogP contribution in [0.2, 0.25) is 0 Å². The Morgan fingerprint density at radius 3 is 0.806 bits per heavy atom. The molecule has 0 fully saturated rings. The third kappa shape index (κ3) is 24.2. The Morgan fingerprint density at radius 2 is 0.611 bits per heavy atom. The number of allylic oxidation sites excluding steroid dienone is 18. The fourth-order valence-electron chi connectivity index (χ4n) is 7.01. The van der Waals surface area contributed by atoms with Gasteiger partial charge in [0, 0.05) is 134 Å². The fourth-order valence-corrected chi connectivity index (χ4v) is 7.01. The smallest absolute Gasteiger partial charge is 0.151 e. The van der Waals surface area contributed by atoms with Gasteiger partial charge in [0.2, 0.25) is 0 Å². The predicted molar refractivity (Wildman–Crippen MR) is 279 cm³/mol. The summed E-state index contributed by atoms with van der Waals surface area (Å²) in [5, 5.41) is 2.94. The molecule has 0 amide bonds. The zero-order valence-corrected chi connectivity index (χ0v) is 41.4. The lowest BCUT2D eigenvalue weighted by atomic mass is 9.96. The second-order valence-corrected chi connectivity index (χ2v) is 17.3. The van der Waals surface area contributed by atoms with E-state index in [1.165, 1.54) is 6.42 Å². The molecule has 19 nitrogen and oxygen atoms in total. The van der Waals surface area contributed by atoms with Crippen molar-refractivity contribution in [3.8, 4) is 0 Å². The quantitative estimate of drug-likeness (QED) is 0.148. The molecule has 0 saturated heterocycles. The first-order valence-corrected chi connectivity index (χ1v) is 24.0. The number of hydrogen-bond acceptors (Lipinski definition) is 19. The standard InChI is InChI=1S/C8H13NO.C7H11NO.2C6H9NO.2C6H7NO.C5H8N2O.C5H7NO.C4H5NO/c9-8-5-3-1-2-4-7(8)6-10;8-7-4-2-1-3-6(7)5-9;4*7-6-3-1-2-5(6)4-8;6-5-2-7-1-4(5)3-8;6-5-2-1-4(5)3-7;5-4-1-3(4)2-6/h6H,1-5,9H2;5H,1-4,8H2;2*4H,1-3,7H2;2*1-2,4H,3,7H2;3,7H,1-2,6H2;3H,1-2,6H2;2H,1,5H2. The van der Waals surface area contributed by atoms with Gasteiger partial charge in [-0.15, -0.1) is 0 Å². The number of carbonyl (C=O) groups excluding carboxylic acids is 9. The molecule has 19 N–H and O–H groups in total. The molecule has 0 radical (unpaired) electrons. The molecule has 0 aromatic heterocycles. The van der Waals surface area contributed by atoms with Crippen molar-refractivity contribution in [3.05, 3.63) is 126 Å². The number of rotatable bonds is 9. The van der Waals surface area contributed by atoms with Crippen LogP contribution in [-0.2, 0) is 43.2 Å². The Bertz CT molecular complexity index is 2190. The summed E-state index contributed by atoms with van der Waals surface area (Å²) in [6.07, 6.45) is 33.7. The Hall–Kier alpha value is -7.67. The maximum absolute atomic E-state index is 10.4. The molecular formula is C53H76N10O9. The van der Waals surface area contributed by atoms with E-state index >= 15 is 0 Å². The molecule has 0 bridgehead atoms. The van der Waals surface area contributed by atoms with Gasteiger partial charge in [-0.3, -0.25) is 43.2 Å². The summed E-state index contributed by atoms with van der Waals surface area (Å²) in [5.74, 6) is 0. The SMILES string of the molecule is NC1=C(C=O)C1.NC1=C(C=O)C=CC1.NC1=C(C=O)C=CC1.NC1=C(C=O)CC1.NC1=C(C=O)CCC1.NC1=C(C=O)CCC1.NC1=C(C=O)CCCC1.NC1=C(C=O)CCCCC1.NC1=C(C=O)CNC1. The lowest BCUT2D eigenvalue weighted by Gasteiger charge is -2.13. The van der Waals surface area contributed by atoms with E-state index in [9.17, 15) is 43.2 Å². The van der Waals surface area contributed by atoms with E-state index < -0.39 is 0 Å². The number of carbonyl (C=O) groups is 9. The molecule has 392 valence electrons. The maximum atomic E-state index is 10.4. The number of nitrogens with one attached hydrogen (secondary N) is 1. The number of aldehydes is 9. The average Bonchev–Trinajstić information content (AvgIpc) is 4.00. The lowest BCUT2D eigenvalue weighted by Crippen LogP contribution is -2.12. The highest BCUT2D eigenvalue weighted by Gasteiger charge is 2.15. The summed E-state index contributed by atoms with van der Waals surface area (Å²) in [4.78, 5) is 90.4. The van der Waals surface area contributed by atoms with Crippen LogP contribution < -0.4 is 56.9 Å². The van der Waals surface area contributed by atoms with E-state index in [2.05, 4.69) is 5.32 Å². The van der Waals surface area contributed by atoms with Gasteiger partial charge in [0.25, 0.3) is 0 Å². The Balaban J connectivity index is 0.000000406. The molecule has 0 spiro atoms. The van der Waals surface area contributed by atoms with Crippen molar-refractivity contribution >= 4 is 56.6 Å². The van der Waals surface area contributed by atoms with Crippen LogP contribution in [0, 0.1) is 0 Å². The number of hydrogen-bond donors (Lipinski definition) is 10. The molecule has 1 heterocycles. The first-order chi connectivity index (χ1) is 34.6. The van der Waals surface area contributed by atoms with Gasteiger partial charge in [-0.1, -0.05) is 30.7 Å². The van der Waals surface area contributed by atoms with Crippen LogP contribution in [0.4, 0.5) is 0 Å². The second-order valence-electron chi connectivity index (χ2n) is 17.3. The molecule has 0 unspecified atom stereocenters. The second kappa shape index (κ2) is 36.3. The van der Waals surface area contributed by atoms with E-state index in [-0.39, 0.29) is 0 Å². The third-order valence-corrected chi connectivity index (χ3v) is 12.0. The van der Waals surface area contributed by atoms with Gasteiger partial charge in [-0.25, -0.2) is 0 Å². The van der Waals surface area contributed by atoms with Gasteiger partial charge in [0.1, 0.15) is 44.0 Å². The van der Waals surface area contributed by atoms with Crippen molar-refractivity contribution in [3.63, 3.8) is 0 Å². The highest BCUT2D eigenvalue weighted by molar-refractivity contribution is 5.82. The maximum Gasteiger partial charge on any atom is 0.151 e. The van der Waals surface area contributed by atoms with Crippen LogP contribution in [0.5, 0.6) is 0 Å². The van der Waals surface area contributed by atoms with E-state index in [0.717, 1.165) is 246 Å². The van der Waals surface area contributed by atoms with Crippen molar-refractivity contribution in [2.45, 2.75) is 128 Å². The van der Waals surface area contributed by atoms with Crippen molar-refractivity contribution < 1.29 is 43.2 Å². The van der Waals surface area contributed by atoms with Gasteiger partial charge in [0.15, 0.2) is 12.6 Å². The molecule has 8 aliphatic carbocycles. The Labute approximate surface area is 422 Å². The van der Waals surface area contributed by atoms with Crippen LogP contribution in [-0.4, -0.2) is 69.7 Å². The molecule has 0 aromatic rings. The molecule has 0 saturated carbocycles. The van der Waals surface area contributed by atoms with Crippen LogP contribution in [0.3, 0.4) is 0 Å². The molecule has 0 aromatic carbocycles. The van der Waals surface area contributed by atoms with Crippen LogP contribution in [0.15, 0.2) is 126 Å². The lowest BCUT2D eigenvalue weighted by molar-refractivity contribution is -0.106. The third-order valence-electron chi connectivity index (χ3n) is 12.0. The minimum Gasteiger partial charge on any atom is -0.402 e. The normalized spacial score (nSPS) is 19.1. The minimum atomic E-state index is 0.630. The van der Waals surface area contributed by atoms with Gasteiger partial charge in [-0.2, -0.15) is 0 Å². The average molecular weight is 997 g/mol. The highest BCUT2D eigenvalue weighted by atomic mass is 16.1. The number of nitrogens with two attached hydrogens (primary N) is 9. The Kier molecular flexibility index (Phi) is 31.4. The van der Waals surface area contributed by atoms with E-state index in [1.807, 2.05) is 12.2 Å². The zero-order chi connectivity index (χ0) is 53.8. The molecule has 1 aliphatic heterocycles. The first-order valence-electron chi connectivity index (χ1n) is 24.0. The van der Waals surface area contributed by atoms with Crippen molar-refractivity contribution in [1.82, 2.24) is 5.32 Å². The van der Waals surface area contributed by atoms with Crippen LogP contribution in [0.1, 0.15) is 128 Å². The van der Waals surface area contributed by atoms with Gasteiger partial charge in [-0.05, 0) is 103 Å². The van der Waals surface area contributed by atoms with Crippen molar-refractivity contribution in [2.75, 3.05) is 13.1 Å². The summed E-state index contributed by atoms with van der Waals surface area (Å²) < 4.78 is 0. The summed E-state index contributed by atoms with van der Waals surface area (Å²) in [6.45, 7) is 1.30. The zero-order valence-electron chi connectivity index (χ0n) is 41.4. The van der Waals surface area contributed by atoms with E-state index in [0.29, 0.717) is 46.9 Å². The highest BCUT2D eigenvalue weighted by Crippen LogP contribution is 2.23. The topological polar surface area (TPSA) is 400 Å². The van der Waals surface area contributed by atoms with E-state index in [4.69, 9.17) is 51.6 Å². The molecule has 0 atom stereocenters. The minimum absolute atomic E-state index is 0.630. The monoisotopic (exact) mass is 997 g/mol. The van der Waals surface area contributed by atoms with Gasteiger partial charge < -0.3 is 56.9 Å². The van der Waals surface area contributed by atoms with Crippen molar-refractivity contribution in [2.24, 2.45) is 51.6 Å². The molecule has 9 aliphatic rings. The summed E-state index contributed by atoms with van der Waals surface area (Å²) in [7, 11) is 0. The van der Waals surface area contributed by atoms with Crippen LogP contribution >= 0.6 is 0 Å². The Morgan fingerprint density at radius 1 is 0.292 bits per heavy atom. The summed E-state index contributed by atoms with van der Waals surface area (Å²) in [6, 6.07) is 0. The fraction of sp³-hybridized carbons (Fsp3) is 0.415.